The average molecular weight is 366 g/mol. The van der Waals surface area contributed by atoms with Crippen LogP contribution < -0.4 is 5.32 Å². The standard InChI is InChI=1S/C21H17ClFN3/c1-13(14-8-4-2-5-9-14)24-21-17-12-16(15-10-6-3-7-11-15)18(22)19(23)20(17)25-26-21/h2-13H,1H3,(H2,24,25,26). The number of nitrogens with one attached hydrogen (secondary N) is 2. The first-order valence-electron chi connectivity index (χ1n) is 8.38. The highest BCUT2D eigenvalue weighted by atomic mass is 35.5. The van der Waals surface area contributed by atoms with Gasteiger partial charge in [-0.15, -0.1) is 0 Å². The Morgan fingerprint density at radius 3 is 2.38 bits per heavy atom. The van der Waals surface area contributed by atoms with Crippen LogP contribution in [0.25, 0.3) is 22.0 Å². The molecule has 0 spiro atoms. The van der Waals surface area contributed by atoms with E-state index in [-0.39, 0.29) is 11.1 Å². The fraction of sp³-hybridized carbons (Fsp3) is 0.0952. The Morgan fingerprint density at radius 2 is 1.69 bits per heavy atom. The van der Waals surface area contributed by atoms with Crippen molar-refractivity contribution in [1.29, 1.82) is 0 Å². The first kappa shape index (κ1) is 16.6. The first-order valence-corrected chi connectivity index (χ1v) is 8.76. The van der Waals surface area contributed by atoms with Crippen LogP contribution in [0.3, 0.4) is 0 Å². The lowest BCUT2D eigenvalue weighted by Gasteiger charge is -2.14. The Morgan fingerprint density at radius 1 is 1.04 bits per heavy atom. The summed E-state index contributed by atoms with van der Waals surface area (Å²) in [7, 11) is 0. The molecule has 3 aromatic carbocycles. The first-order chi connectivity index (χ1) is 12.6. The number of rotatable bonds is 4. The number of fused-ring (bicyclic) bond motifs is 1. The maximum Gasteiger partial charge on any atom is 0.168 e. The van der Waals surface area contributed by atoms with Crippen molar-refractivity contribution in [3.63, 3.8) is 0 Å². The van der Waals surface area contributed by atoms with Crippen LogP contribution in [0.5, 0.6) is 0 Å². The Bertz CT molecular complexity index is 1050. The summed E-state index contributed by atoms with van der Waals surface area (Å²) in [5, 5.41) is 11.1. The van der Waals surface area contributed by atoms with Crippen molar-refractivity contribution in [2.24, 2.45) is 0 Å². The summed E-state index contributed by atoms with van der Waals surface area (Å²) in [4.78, 5) is 0. The molecule has 130 valence electrons. The van der Waals surface area contributed by atoms with Crippen LogP contribution >= 0.6 is 11.6 Å². The van der Waals surface area contributed by atoms with E-state index in [1.54, 1.807) is 0 Å². The molecule has 0 amide bonds. The minimum absolute atomic E-state index is 0.0293. The molecule has 1 heterocycles. The third kappa shape index (κ3) is 2.93. The summed E-state index contributed by atoms with van der Waals surface area (Å²) in [5.41, 5.74) is 2.94. The van der Waals surface area contributed by atoms with E-state index < -0.39 is 5.82 Å². The molecule has 3 nitrogen and oxygen atoms in total. The highest BCUT2D eigenvalue weighted by Gasteiger charge is 2.18. The summed E-state index contributed by atoms with van der Waals surface area (Å²) < 4.78 is 14.8. The van der Waals surface area contributed by atoms with Crippen molar-refractivity contribution in [1.82, 2.24) is 10.2 Å². The average Bonchev–Trinajstić information content (AvgIpc) is 3.08. The molecule has 5 heteroatoms. The number of aromatic nitrogens is 2. The monoisotopic (exact) mass is 365 g/mol. The van der Waals surface area contributed by atoms with Crippen molar-refractivity contribution >= 4 is 28.3 Å². The lowest BCUT2D eigenvalue weighted by atomic mass is 10.0. The lowest BCUT2D eigenvalue weighted by Crippen LogP contribution is -2.06. The number of hydrogen-bond donors (Lipinski definition) is 2. The highest BCUT2D eigenvalue weighted by molar-refractivity contribution is 6.34. The van der Waals surface area contributed by atoms with Gasteiger partial charge in [0.05, 0.1) is 11.1 Å². The third-order valence-electron chi connectivity index (χ3n) is 4.48. The maximum atomic E-state index is 14.8. The van der Waals surface area contributed by atoms with Crippen molar-refractivity contribution in [2.45, 2.75) is 13.0 Å². The zero-order valence-electron chi connectivity index (χ0n) is 14.1. The van der Waals surface area contributed by atoms with Gasteiger partial charge in [-0.1, -0.05) is 72.3 Å². The number of hydrogen-bond acceptors (Lipinski definition) is 2. The van der Waals surface area contributed by atoms with Gasteiger partial charge in [0, 0.05) is 10.9 Å². The van der Waals surface area contributed by atoms with Crippen LogP contribution in [0, 0.1) is 5.82 Å². The molecule has 1 atom stereocenters. The largest absolute Gasteiger partial charge is 0.362 e. The molecule has 0 bridgehead atoms. The van der Waals surface area contributed by atoms with E-state index in [9.17, 15) is 4.39 Å². The van der Waals surface area contributed by atoms with Crippen molar-refractivity contribution < 1.29 is 4.39 Å². The van der Waals surface area contributed by atoms with Crippen LogP contribution in [-0.4, -0.2) is 10.2 Å². The molecule has 0 fully saturated rings. The molecule has 1 aromatic heterocycles. The van der Waals surface area contributed by atoms with E-state index in [0.29, 0.717) is 22.3 Å². The second kappa shape index (κ2) is 6.81. The van der Waals surface area contributed by atoms with E-state index in [0.717, 1.165) is 11.1 Å². The summed E-state index contributed by atoms with van der Waals surface area (Å²) in [5.74, 6) is 0.111. The van der Waals surface area contributed by atoms with Crippen molar-refractivity contribution in [2.75, 3.05) is 5.32 Å². The van der Waals surface area contributed by atoms with Gasteiger partial charge in [0.25, 0.3) is 0 Å². The Kier molecular flexibility index (Phi) is 4.35. The molecule has 0 aliphatic rings. The maximum absolute atomic E-state index is 14.8. The van der Waals surface area contributed by atoms with Gasteiger partial charge in [-0.25, -0.2) is 4.39 Å². The topological polar surface area (TPSA) is 40.7 Å². The van der Waals surface area contributed by atoms with Crippen molar-refractivity contribution in [3.05, 3.63) is 83.1 Å². The molecule has 0 saturated carbocycles. The second-order valence-corrected chi connectivity index (χ2v) is 6.57. The van der Waals surface area contributed by atoms with Gasteiger partial charge >= 0.3 is 0 Å². The fourth-order valence-electron chi connectivity index (χ4n) is 3.06. The summed E-state index contributed by atoms with van der Waals surface area (Å²) in [6.07, 6.45) is 0. The molecule has 0 aliphatic heterocycles. The number of benzene rings is 3. The predicted octanol–water partition coefficient (Wildman–Crippen LogP) is 6.20. The van der Waals surface area contributed by atoms with Crippen LogP contribution in [0.1, 0.15) is 18.5 Å². The van der Waals surface area contributed by atoms with Gasteiger partial charge in [0.15, 0.2) is 11.6 Å². The third-order valence-corrected chi connectivity index (χ3v) is 4.85. The number of aromatic amines is 1. The van der Waals surface area contributed by atoms with Gasteiger partial charge < -0.3 is 5.32 Å². The molecule has 4 aromatic rings. The molecule has 0 radical (unpaired) electrons. The molecule has 4 rings (SSSR count). The fourth-order valence-corrected chi connectivity index (χ4v) is 3.32. The van der Waals surface area contributed by atoms with Gasteiger partial charge in [0.1, 0.15) is 5.52 Å². The molecular formula is C21H17ClFN3. The van der Waals surface area contributed by atoms with Gasteiger partial charge in [-0.2, -0.15) is 5.10 Å². The molecular weight excluding hydrogens is 349 g/mol. The molecule has 2 N–H and O–H groups in total. The van der Waals surface area contributed by atoms with E-state index in [1.807, 2.05) is 73.7 Å². The van der Waals surface area contributed by atoms with E-state index in [1.165, 1.54) is 0 Å². The van der Waals surface area contributed by atoms with Gasteiger partial charge in [-0.05, 0) is 24.1 Å². The van der Waals surface area contributed by atoms with Crippen LogP contribution in [0.2, 0.25) is 5.02 Å². The lowest BCUT2D eigenvalue weighted by molar-refractivity contribution is 0.637. The van der Waals surface area contributed by atoms with Gasteiger partial charge in [-0.3, -0.25) is 5.10 Å². The number of anilines is 1. The minimum Gasteiger partial charge on any atom is -0.362 e. The normalized spacial score (nSPS) is 12.3. The quantitative estimate of drug-likeness (QED) is 0.452. The zero-order chi connectivity index (χ0) is 18.1. The molecule has 0 aliphatic carbocycles. The Balaban J connectivity index is 1.79. The Hall–Kier alpha value is -2.85. The van der Waals surface area contributed by atoms with E-state index in [2.05, 4.69) is 15.5 Å². The van der Waals surface area contributed by atoms with Crippen LogP contribution in [0.15, 0.2) is 66.7 Å². The van der Waals surface area contributed by atoms with Gasteiger partial charge in [0.2, 0.25) is 0 Å². The SMILES string of the molecule is CC(Nc1n[nH]c2c(F)c(Cl)c(-c3ccccc3)cc12)c1ccccc1. The number of nitrogens with zero attached hydrogens (tertiary/aromatic N) is 1. The van der Waals surface area contributed by atoms with E-state index in [4.69, 9.17) is 11.6 Å². The molecule has 26 heavy (non-hydrogen) atoms. The highest BCUT2D eigenvalue weighted by Crippen LogP contribution is 2.37. The minimum atomic E-state index is -0.490. The number of halogens is 2. The molecule has 1 unspecified atom stereocenters. The Labute approximate surface area is 155 Å². The predicted molar refractivity (Wildman–Crippen MR) is 105 cm³/mol. The molecule has 0 saturated heterocycles. The van der Waals surface area contributed by atoms with Crippen molar-refractivity contribution in [3.8, 4) is 11.1 Å². The summed E-state index contributed by atoms with van der Waals surface area (Å²) >= 11 is 6.27. The second-order valence-electron chi connectivity index (χ2n) is 6.19. The zero-order valence-corrected chi connectivity index (χ0v) is 14.9. The summed E-state index contributed by atoms with van der Waals surface area (Å²) in [6.45, 7) is 2.04. The smallest absolute Gasteiger partial charge is 0.168 e. The van der Waals surface area contributed by atoms with Crippen LogP contribution in [0.4, 0.5) is 10.2 Å². The van der Waals surface area contributed by atoms with E-state index >= 15 is 0 Å². The van der Waals surface area contributed by atoms with Crippen LogP contribution in [-0.2, 0) is 0 Å². The summed E-state index contributed by atoms with van der Waals surface area (Å²) in [6, 6.07) is 21.5. The number of H-pyrrole nitrogens is 1.